The highest BCUT2D eigenvalue weighted by atomic mass is 16.3. The lowest BCUT2D eigenvalue weighted by molar-refractivity contribution is 0.475. The molecule has 3 nitrogen and oxygen atoms in total. The van der Waals surface area contributed by atoms with E-state index in [1.165, 1.54) is 0 Å². The lowest BCUT2D eigenvalue weighted by Crippen LogP contribution is -1.90. The molecular formula is C16H10N2O. The van der Waals surface area contributed by atoms with Crippen molar-refractivity contribution in [2.24, 2.45) is 0 Å². The Hall–Kier alpha value is -2.86. The zero-order chi connectivity index (χ0) is 13.2. The van der Waals surface area contributed by atoms with Gasteiger partial charge >= 0.3 is 0 Å². The molecule has 0 radical (unpaired) electrons. The molecule has 3 rings (SSSR count). The Labute approximate surface area is 110 Å². The summed E-state index contributed by atoms with van der Waals surface area (Å²) < 4.78 is 0. The van der Waals surface area contributed by atoms with E-state index < -0.39 is 0 Å². The summed E-state index contributed by atoms with van der Waals surface area (Å²) in [5.41, 5.74) is 2.85. The first-order valence-electron chi connectivity index (χ1n) is 5.87. The van der Waals surface area contributed by atoms with Crippen LogP contribution in [0.2, 0.25) is 0 Å². The van der Waals surface area contributed by atoms with Crippen LogP contribution in [0.1, 0.15) is 5.69 Å². The molecule has 19 heavy (non-hydrogen) atoms. The number of hydrogen-bond acceptors (Lipinski definition) is 3. The first-order chi connectivity index (χ1) is 9.28. The van der Waals surface area contributed by atoms with Crippen LogP contribution in [0.4, 0.5) is 0 Å². The number of phenols is 1. The summed E-state index contributed by atoms with van der Waals surface area (Å²) in [6.45, 7) is 0. The molecule has 1 aromatic heterocycles. The van der Waals surface area contributed by atoms with E-state index in [0.29, 0.717) is 5.69 Å². The molecule has 3 aromatic rings. The maximum atomic E-state index is 9.32. The van der Waals surface area contributed by atoms with Gasteiger partial charge in [0.25, 0.3) is 0 Å². The zero-order valence-electron chi connectivity index (χ0n) is 10.0. The first-order valence-corrected chi connectivity index (χ1v) is 5.87. The molecule has 0 aliphatic heterocycles. The Bertz CT molecular complexity index is 786. The van der Waals surface area contributed by atoms with Gasteiger partial charge in [0.05, 0.1) is 5.52 Å². The monoisotopic (exact) mass is 246 g/mol. The van der Waals surface area contributed by atoms with Crippen molar-refractivity contribution in [3.8, 4) is 22.9 Å². The van der Waals surface area contributed by atoms with Crippen LogP contribution in [-0.4, -0.2) is 10.1 Å². The predicted octanol–water partition coefficient (Wildman–Crippen LogP) is 3.48. The van der Waals surface area contributed by atoms with Gasteiger partial charge in [-0.3, -0.25) is 0 Å². The number of nitrogens with zero attached hydrogens (tertiary/aromatic N) is 2. The molecule has 90 valence electrons. The molecule has 0 aliphatic rings. The van der Waals surface area contributed by atoms with Crippen LogP contribution in [0.25, 0.3) is 22.0 Å². The summed E-state index contributed by atoms with van der Waals surface area (Å²) in [6, 6.07) is 18.5. The van der Waals surface area contributed by atoms with Crippen molar-refractivity contribution >= 4 is 10.9 Å². The van der Waals surface area contributed by atoms with Crippen LogP contribution < -0.4 is 0 Å². The minimum absolute atomic E-state index is 0.205. The first kappa shape index (κ1) is 11.2. The molecule has 0 atom stereocenters. The number of rotatable bonds is 1. The molecule has 1 N–H and O–H groups in total. The number of para-hydroxylation sites is 1. The van der Waals surface area contributed by atoms with Gasteiger partial charge in [0, 0.05) is 10.9 Å². The van der Waals surface area contributed by atoms with Crippen molar-refractivity contribution in [2.75, 3.05) is 0 Å². The van der Waals surface area contributed by atoms with Gasteiger partial charge in [0.1, 0.15) is 17.5 Å². The molecule has 0 aliphatic carbocycles. The maximum absolute atomic E-state index is 9.32. The van der Waals surface area contributed by atoms with Crippen molar-refractivity contribution in [2.45, 2.75) is 0 Å². The van der Waals surface area contributed by atoms with Gasteiger partial charge in [-0.15, -0.1) is 0 Å². The van der Waals surface area contributed by atoms with Crippen molar-refractivity contribution < 1.29 is 5.11 Å². The van der Waals surface area contributed by atoms with Crippen molar-refractivity contribution in [1.82, 2.24) is 4.98 Å². The number of pyridine rings is 1. The quantitative estimate of drug-likeness (QED) is 0.715. The summed E-state index contributed by atoms with van der Waals surface area (Å²) >= 11 is 0. The van der Waals surface area contributed by atoms with Crippen molar-refractivity contribution in [3.05, 3.63) is 60.3 Å². The minimum atomic E-state index is 0.205. The molecule has 3 heteroatoms. The fraction of sp³-hybridized carbons (Fsp3) is 0. The average molecular weight is 246 g/mol. The summed E-state index contributed by atoms with van der Waals surface area (Å²) in [4.78, 5) is 4.37. The Balaban J connectivity index is 2.27. The number of fused-ring (bicyclic) bond motifs is 1. The third-order valence-corrected chi connectivity index (χ3v) is 3.01. The smallest absolute Gasteiger partial charge is 0.149 e. The van der Waals surface area contributed by atoms with Crippen LogP contribution in [-0.2, 0) is 0 Å². The van der Waals surface area contributed by atoms with E-state index in [-0.39, 0.29) is 5.75 Å². The topological polar surface area (TPSA) is 56.9 Å². The van der Waals surface area contributed by atoms with Gasteiger partial charge in [0.2, 0.25) is 0 Å². The molecule has 1 heterocycles. The molecular weight excluding hydrogens is 236 g/mol. The molecule has 0 saturated heterocycles. The van der Waals surface area contributed by atoms with Gasteiger partial charge in [-0.1, -0.05) is 30.3 Å². The van der Waals surface area contributed by atoms with Crippen LogP contribution in [0.5, 0.6) is 5.75 Å². The normalized spacial score (nSPS) is 10.3. The van der Waals surface area contributed by atoms with Crippen LogP contribution in [0.3, 0.4) is 0 Å². The van der Waals surface area contributed by atoms with Crippen molar-refractivity contribution in [3.63, 3.8) is 0 Å². The van der Waals surface area contributed by atoms with E-state index in [2.05, 4.69) is 11.1 Å². The van der Waals surface area contributed by atoms with Gasteiger partial charge in [-0.2, -0.15) is 5.26 Å². The third-order valence-electron chi connectivity index (χ3n) is 3.01. The fourth-order valence-electron chi connectivity index (χ4n) is 2.06. The average Bonchev–Trinajstić information content (AvgIpc) is 2.46. The lowest BCUT2D eigenvalue weighted by atomic mass is 10.0. The largest absolute Gasteiger partial charge is 0.508 e. The van der Waals surface area contributed by atoms with Gasteiger partial charge in [-0.25, -0.2) is 4.98 Å². The second-order valence-corrected chi connectivity index (χ2v) is 4.24. The number of aromatic hydroxyl groups is 1. The Morgan fingerprint density at radius 2 is 1.74 bits per heavy atom. The standard InChI is InChI=1S/C16H10N2O/c17-10-16-14(11-5-7-13(19)8-6-11)9-12-3-1-2-4-15(12)18-16/h1-9,19H. The fourth-order valence-corrected chi connectivity index (χ4v) is 2.06. The highest BCUT2D eigenvalue weighted by molar-refractivity contribution is 5.86. The highest BCUT2D eigenvalue weighted by Gasteiger charge is 2.08. The number of benzene rings is 2. The molecule has 2 aromatic carbocycles. The second-order valence-electron chi connectivity index (χ2n) is 4.24. The maximum Gasteiger partial charge on any atom is 0.149 e. The van der Waals surface area contributed by atoms with Crippen LogP contribution in [0, 0.1) is 11.3 Å². The molecule has 0 unspecified atom stereocenters. The molecule has 0 saturated carbocycles. The minimum Gasteiger partial charge on any atom is -0.508 e. The van der Waals surface area contributed by atoms with Crippen LogP contribution >= 0.6 is 0 Å². The Morgan fingerprint density at radius 3 is 2.47 bits per heavy atom. The van der Waals surface area contributed by atoms with Gasteiger partial charge in [0.15, 0.2) is 0 Å². The van der Waals surface area contributed by atoms with E-state index in [1.807, 2.05) is 30.3 Å². The van der Waals surface area contributed by atoms with E-state index >= 15 is 0 Å². The predicted molar refractivity (Wildman–Crippen MR) is 73.6 cm³/mol. The van der Waals surface area contributed by atoms with Gasteiger partial charge < -0.3 is 5.11 Å². The molecule has 0 fully saturated rings. The third kappa shape index (κ3) is 2.00. The SMILES string of the molecule is N#Cc1nc2ccccc2cc1-c1ccc(O)cc1. The zero-order valence-corrected chi connectivity index (χ0v) is 10.0. The summed E-state index contributed by atoms with van der Waals surface area (Å²) in [5.74, 6) is 0.205. The number of aromatic nitrogens is 1. The van der Waals surface area contributed by atoms with E-state index in [9.17, 15) is 10.4 Å². The summed E-state index contributed by atoms with van der Waals surface area (Å²) in [7, 11) is 0. The van der Waals surface area contributed by atoms with E-state index in [4.69, 9.17) is 0 Å². The number of hydrogen-bond donors (Lipinski definition) is 1. The van der Waals surface area contributed by atoms with E-state index in [0.717, 1.165) is 22.0 Å². The number of nitriles is 1. The lowest BCUT2D eigenvalue weighted by Gasteiger charge is -2.06. The summed E-state index contributed by atoms with van der Waals surface area (Å²) in [6.07, 6.45) is 0. The Kier molecular flexibility index (Phi) is 2.62. The van der Waals surface area contributed by atoms with Gasteiger partial charge in [-0.05, 0) is 29.8 Å². The van der Waals surface area contributed by atoms with Crippen molar-refractivity contribution in [1.29, 1.82) is 5.26 Å². The van der Waals surface area contributed by atoms with E-state index in [1.54, 1.807) is 24.3 Å². The Morgan fingerprint density at radius 1 is 1.00 bits per heavy atom. The summed E-state index contributed by atoms with van der Waals surface area (Å²) in [5, 5.41) is 19.5. The second kappa shape index (κ2) is 4.43. The highest BCUT2D eigenvalue weighted by Crippen LogP contribution is 2.27. The van der Waals surface area contributed by atoms with Crippen LogP contribution in [0.15, 0.2) is 54.6 Å². The molecule has 0 amide bonds. The molecule has 0 spiro atoms. The molecule has 0 bridgehead atoms. The number of phenolic OH excluding ortho intramolecular Hbond substituents is 1.